The number of hydrogen-bond donors (Lipinski definition) is 0. The lowest BCUT2D eigenvalue weighted by Gasteiger charge is -2.17. The number of rotatable bonds is 2. The fourth-order valence-corrected chi connectivity index (χ4v) is 3.22. The van der Waals surface area contributed by atoms with Crippen LogP contribution in [-0.2, 0) is 0 Å². The first-order valence-electron chi connectivity index (χ1n) is 5.05. The highest BCUT2D eigenvalue weighted by atomic mass is 79.9. The molecule has 0 bridgehead atoms. The number of halogens is 1. The minimum Gasteiger partial charge on any atom is -0.291 e. The molecule has 82 valence electrons. The predicted octanol–water partition coefficient (Wildman–Crippen LogP) is 3.77. The van der Waals surface area contributed by atoms with Crippen LogP contribution in [0.1, 0.15) is 37.0 Å². The van der Waals surface area contributed by atoms with E-state index in [1.165, 1.54) is 11.3 Å². The van der Waals surface area contributed by atoms with Crippen LogP contribution < -0.4 is 0 Å². The SMILES string of the molecule is CC(C)(C)C1CC1C(=O)c1nc(Br)cs1. The highest BCUT2D eigenvalue weighted by molar-refractivity contribution is 9.10. The summed E-state index contributed by atoms with van der Waals surface area (Å²) in [6, 6.07) is 0. The van der Waals surface area contributed by atoms with Crippen molar-refractivity contribution < 1.29 is 4.79 Å². The summed E-state index contributed by atoms with van der Waals surface area (Å²) in [7, 11) is 0. The van der Waals surface area contributed by atoms with Crippen molar-refractivity contribution >= 4 is 33.0 Å². The number of carbonyl (C=O) groups excluding carboxylic acids is 1. The molecule has 1 aromatic rings. The topological polar surface area (TPSA) is 30.0 Å². The molecule has 1 aliphatic rings. The van der Waals surface area contributed by atoms with Crippen molar-refractivity contribution in [2.24, 2.45) is 17.3 Å². The third kappa shape index (κ3) is 2.31. The minimum atomic E-state index is 0.211. The first kappa shape index (κ1) is 11.3. The van der Waals surface area contributed by atoms with Gasteiger partial charge < -0.3 is 0 Å². The summed E-state index contributed by atoms with van der Waals surface area (Å²) in [5.41, 5.74) is 0.245. The quantitative estimate of drug-likeness (QED) is 0.775. The summed E-state index contributed by atoms with van der Waals surface area (Å²) >= 11 is 4.70. The molecule has 0 saturated heterocycles. The van der Waals surface area contributed by atoms with Crippen LogP contribution in [0.5, 0.6) is 0 Å². The molecule has 0 amide bonds. The van der Waals surface area contributed by atoms with Crippen molar-refractivity contribution in [1.82, 2.24) is 4.98 Å². The zero-order chi connectivity index (χ0) is 11.2. The molecule has 1 saturated carbocycles. The Bertz CT molecular complexity index is 394. The lowest BCUT2D eigenvalue weighted by atomic mass is 9.88. The number of thiazole rings is 1. The van der Waals surface area contributed by atoms with Crippen LogP contribution in [0.3, 0.4) is 0 Å². The Kier molecular flexibility index (Phi) is 2.75. The van der Waals surface area contributed by atoms with Crippen molar-refractivity contribution in [2.45, 2.75) is 27.2 Å². The molecule has 0 spiro atoms. The first-order chi connectivity index (χ1) is 6.89. The molecule has 2 unspecified atom stereocenters. The van der Waals surface area contributed by atoms with Crippen LogP contribution in [0.2, 0.25) is 0 Å². The zero-order valence-corrected chi connectivity index (χ0v) is 11.5. The van der Waals surface area contributed by atoms with Gasteiger partial charge in [0.2, 0.25) is 0 Å². The summed E-state index contributed by atoms with van der Waals surface area (Å²) in [5, 5.41) is 2.51. The minimum absolute atomic E-state index is 0.211. The predicted molar refractivity (Wildman–Crippen MR) is 65.2 cm³/mol. The molecule has 15 heavy (non-hydrogen) atoms. The van der Waals surface area contributed by atoms with Crippen molar-refractivity contribution in [3.05, 3.63) is 15.0 Å². The second-order valence-electron chi connectivity index (χ2n) is 5.15. The largest absolute Gasteiger partial charge is 0.291 e. The summed E-state index contributed by atoms with van der Waals surface area (Å²) in [4.78, 5) is 16.2. The van der Waals surface area contributed by atoms with Gasteiger partial charge in [0.1, 0.15) is 4.60 Å². The molecule has 4 heteroatoms. The number of nitrogens with zero attached hydrogens (tertiary/aromatic N) is 1. The Morgan fingerprint density at radius 3 is 2.67 bits per heavy atom. The maximum Gasteiger partial charge on any atom is 0.194 e. The van der Waals surface area contributed by atoms with E-state index in [-0.39, 0.29) is 17.1 Å². The molecule has 1 aromatic heterocycles. The van der Waals surface area contributed by atoms with Crippen molar-refractivity contribution in [3.63, 3.8) is 0 Å². The van der Waals surface area contributed by atoms with Crippen molar-refractivity contribution in [3.8, 4) is 0 Å². The fraction of sp³-hybridized carbons (Fsp3) is 0.636. The molecular weight excluding hydrogens is 274 g/mol. The van der Waals surface area contributed by atoms with E-state index < -0.39 is 0 Å². The van der Waals surface area contributed by atoms with E-state index >= 15 is 0 Å². The second kappa shape index (κ2) is 3.67. The number of ketones is 1. The Balaban J connectivity index is 2.07. The maximum atomic E-state index is 12.0. The average Bonchev–Trinajstić information content (AvgIpc) is 2.82. The van der Waals surface area contributed by atoms with Gasteiger partial charge in [-0.3, -0.25) is 4.79 Å². The van der Waals surface area contributed by atoms with E-state index in [0.717, 1.165) is 11.0 Å². The third-order valence-electron chi connectivity index (χ3n) is 2.93. The lowest BCUT2D eigenvalue weighted by molar-refractivity contribution is 0.0948. The van der Waals surface area contributed by atoms with Gasteiger partial charge in [0.15, 0.2) is 10.8 Å². The number of hydrogen-bond acceptors (Lipinski definition) is 3. The molecular formula is C11H14BrNOS. The molecule has 2 nitrogen and oxygen atoms in total. The van der Waals surface area contributed by atoms with Gasteiger partial charge in [0.05, 0.1) is 0 Å². The number of aromatic nitrogens is 1. The second-order valence-corrected chi connectivity index (χ2v) is 6.82. The van der Waals surface area contributed by atoms with Gasteiger partial charge in [-0.15, -0.1) is 11.3 Å². The Morgan fingerprint density at radius 1 is 1.60 bits per heavy atom. The van der Waals surface area contributed by atoms with Crippen LogP contribution in [0.4, 0.5) is 0 Å². The summed E-state index contributed by atoms with van der Waals surface area (Å²) in [5.74, 6) is 0.973. The molecule has 1 fully saturated rings. The van der Waals surface area contributed by atoms with E-state index in [2.05, 4.69) is 41.7 Å². The van der Waals surface area contributed by atoms with Crippen LogP contribution in [0, 0.1) is 17.3 Å². The molecule has 1 heterocycles. The van der Waals surface area contributed by atoms with E-state index in [0.29, 0.717) is 10.9 Å². The molecule has 1 aliphatic carbocycles. The standard InChI is InChI=1S/C11H14BrNOS/c1-11(2,3)7-4-6(7)9(14)10-13-8(12)5-15-10/h5-7H,4H2,1-3H3. The van der Waals surface area contributed by atoms with Crippen LogP contribution in [0.25, 0.3) is 0 Å². The van der Waals surface area contributed by atoms with Gasteiger partial charge >= 0.3 is 0 Å². The van der Waals surface area contributed by atoms with Gasteiger partial charge in [-0.25, -0.2) is 4.98 Å². The lowest BCUT2D eigenvalue weighted by Crippen LogP contribution is -2.13. The van der Waals surface area contributed by atoms with Gasteiger partial charge in [-0.2, -0.15) is 0 Å². The molecule has 0 aliphatic heterocycles. The van der Waals surface area contributed by atoms with E-state index in [4.69, 9.17) is 0 Å². The normalized spacial score (nSPS) is 25.3. The molecule has 2 atom stereocenters. The summed E-state index contributed by atoms with van der Waals surface area (Å²) in [6.45, 7) is 6.59. The van der Waals surface area contributed by atoms with Gasteiger partial charge in [0.25, 0.3) is 0 Å². The molecule has 2 rings (SSSR count). The average molecular weight is 288 g/mol. The van der Waals surface area contributed by atoms with Gasteiger partial charge in [0, 0.05) is 11.3 Å². The zero-order valence-electron chi connectivity index (χ0n) is 9.08. The van der Waals surface area contributed by atoms with Crippen LogP contribution in [-0.4, -0.2) is 10.8 Å². The van der Waals surface area contributed by atoms with E-state index in [1.807, 2.05) is 5.38 Å². The van der Waals surface area contributed by atoms with Crippen molar-refractivity contribution in [2.75, 3.05) is 0 Å². The Morgan fingerprint density at radius 2 is 2.27 bits per heavy atom. The number of Topliss-reactive ketones (excluding diaryl/α,β-unsaturated/α-hetero) is 1. The highest BCUT2D eigenvalue weighted by Crippen LogP contribution is 2.52. The monoisotopic (exact) mass is 287 g/mol. The fourth-order valence-electron chi connectivity index (χ4n) is 1.97. The Labute approximate surface area is 102 Å². The summed E-state index contributed by atoms with van der Waals surface area (Å²) in [6.07, 6.45) is 1.03. The van der Waals surface area contributed by atoms with E-state index in [9.17, 15) is 4.79 Å². The molecule has 0 aromatic carbocycles. The van der Waals surface area contributed by atoms with Crippen molar-refractivity contribution in [1.29, 1.82) is 0 Å². The Hall–Kier alpha value is -0.220. The maximum absolute atomic E-state index is 12.0. The third-order valence-corrected chi connectivity index (χ3v) is 4.49. The summed E-state index contributed by atoms with van der Waals surface area (Å²) < 4.78 is 0.767. The number of carbonyl (C=O) groups is 1. The smallest absolute Gasteiger partial charge is 0.194 e. The van der Waals surface area contributed by atoms with Crippen LogP contribution in [0.15, 0.2) is 9.98 Å². The molecule has 0 N–H and O–H groups in total. The van der Waals surface area contributed by atoms with E-state index in [1.54, 1.807) is 0 Å². The van der Waals surface area contributed by atoms with Gasteiger partial charge in [-0.05, 0) is 33.7 Å². The molecule has 0 radical (unpaired) electrons. The first-order valence-corrected chi connectivity index (χ1v) is 6.72. The van der Waals surface area contributed by atoms with Crippen LogP contribution >= 0.6 is 27.3 Å². The highest BCUT2D eigenvalue weighted by Gasteiger charge is 2.50. The van der Waals surface area contributed by atoms with Gasteiger partial charge in [-0.1, -0.05) is 20.8 Å².